The second-order valence-electron chi connectivity index (χ2n) is 5.15. The topological polar surface area (TPSA) is 80.0 Å². The van der Waals surface area contributed by atoms with Crippen LogP contribution < -0.4 is 10.6 Å². The smallest absolute Gasteiger partial charge is 0.319 e. The van der Waals surface area contributed by atoms with Gasteiger partial charge in [-0.1, -0.05) is 5.16 Å². The van der Waals surface area contributed by atoms with Gasteiger partial charge in [0.2, 0.25) is 0 Å². The molecule has 1 aliphatic carbocycles. The number of carbonyl (C=O) groups is 1. The van der Waals surface area contributed by atoms with Gasteiger partial charge in [0, 0.05) is 12.0 Å². The van der Waals surface area contributed by atoms with E-state index in [2.05, 4.69) is 20.8 Å². The summed E-state index contributed by atoms with van der Waals surface area (Å²) >= 11 is 1.47. The maximum atomic E-state index is 11.7. The van der Waals surface area contributed by atoms with E-state index in [0.29, 0.717) is 17.5 Å². The summed E-state index contributed by atoms with van der Waals surface area (Å²) in [5.41, 5.74) is 0.694. The quantitative estimate of drug-likeness (QED) is 0.906. The molecule has 20 heavy (non-hydrogen) atoms. The van der Waals surface area contributed by atoms with Crippen LogP contribution in [0.5, 0.6) is 0 Å². The molecule has 7 heteroatoms. The summed E-state index contributed by atoms with van der Waals surface area (Å²) in [6, 6.07) is 1.68. The molecule has 2 N–H and O–H groups in total. The lowest BCUT2D eigenvalue weighted by atomic mass is 10.3. The lowest BCUT2D eigenvalue weighted by molar-refractivity contribution is 0.250. The zero-order valence-corrected chi connectivity index (χ0v) is 12.2. The van der Waals surface area contributed by atoms with Crippen molar-refractivity contribution >= 4 is 23.1 Å². The van der Waals surface area contributed by atoms with Gasteiger partial charge in [-0.25, -0.2) is 4.79 Å². The molecule has 0 atom stereocenters. The van der Waals surface area contributed by atoms with E-state index < -0.39 is 0 Å². The number of urea groups is 1. The number of nitrogens with zero attached hydrogens (tertiary/aromatic N) is 2. The van der Waals surface area contributed by atoms with E-state index in [-0.39, 0.29) is 12.1 Å². The number of hydrogen-bond acceptors (Lipinski definition) is 5. The van der Waals surface area contributed by atoms with Crippen molar-refractivity contribution in [1.82, 2.24) is 15.5 Å². The molecule has 0 unspecified atom stereocenters. The standard InChI is InChI=1S/C13H16N4O2S/c1-7(2)14-13(18)15-9-5-6-20-10(9)12-16-11(17-19-12)8-3-4-8/h5-8H,3-4H2,1-2H3,(H2,14,15,18). The largest absolute Gasteiger partial charge is 0.336 e. The molecule has 0 saturated heterocycles. The molecule has 2 amide bonds. The molecule has 1 fully saturated rings. The van der Waals surface area contributed by atoms with E-state index in [9.17, 15) is 4.79 Å². The predicted octanol–water partition coefficient (Wildman–Crippen LogP) is 3.21. The summed E-state index contributed by atoms with van der Waals surface area (Å²) in [7, 11) is 0. The molecule has 0 aromatic carbocycles. The number of hydrogen-bond donors (Lipinski definition) is 2. The van der Waals surface area contributed by atoms with E-state index in [1.54, 1.807) is 0 Å². The highest BCUT2D eigenvalue weighted by molar-refractivity contribution is 7.14. The Bertz CT molecular complexity index is 615. The fourth-order valence-corrected chi connectivity index (χ4v) is 2.60. The Morgan fingerprint density at radius 3 is 3.00 bits per heavy atom. The Balaban J connectivity index is 1.76. The number of rotatable bonds is 4. The Kier molecular flexibility index (Phi) is 3.43. The number of anilines is 1. The molecule has 0 spiro atoms. The third-order valence-electron chi connectivity index (χ3n) is 2.91. The predicted molar refractivity (Wildman–Crippen MR) is 76.9 cm³/mol. The van der Waals surface area contributed by atoms with Crippen LogP contribution in [0.15, 0.2) is 16.0 Å². The van der Waals surface area contributed by atoms with E-state index in [4.69, 9.17) is 4.52 Å². The molecular weight excluding hydrogens is 276 g/mol. The van der Waals surface area contributed by atoms with Gasteiger partial charge in [-0.2, -0.15) is 4.98 Å². The Morgan fingerprint density at radius 2 is 2.30 bits per heavy atom. The number of nitrogens with one attached hydrogen (secondary N) is 2. The van der Waals surface area contributed by atoms with Crippen molar-refractivity contribution in [3.8, 4) is 10.8 Å². The second-order valence-corrected chi connectivity index (χ2v) is 6.06. The summed E-state index contributed by atoms with van der Waals surface area (Å²) in [6.45, 7) is 3.82. The highest BCUT2D eigenvalue weighted by atomic mass is 32.1. The lowest BCUT2D eigenvalue weighted by Gasteiger charge is -2.09. The van der Waals surface area contributed by atoms with Crippen molar-refractivity contribution < 1.29 is 9.32 Å². The average molecular weight is 292 g/mol. The maximum absolute atomic E-state index is 11.7. The molecule has 106 valence electrons. The van der Waals surface area contributed by atoms with E-state index in [1.807, 2.05) is 25.3 Å². The SMILES string of the molecule is CC(C)NC(=O)Nc1ccsc1-c1nc(C2CC2)no1. The number of carbonyl (C=O) groups excluding carboxylic acids is 1. The monoisotopic (exact) mass is 292 g/mol. The minimum atomic E-state index is -0.235. The van der Waals surface area contributed by atoms with Gasteiger partial charge in [-0.15, -0.1) is 11.3 Å². The first-order valence-electron chi connectivity index (χ1n) is 6.62. The highest BCUT2D eigenvalue weighted by Gasteiger charge is 2.29. The van der Waals surface area contributed by atoms with Crippen LogP contribution in [0.2, 0.25) is 0 Å². The normalized spacial score (nSPS) is 14.6. The molecular formula is C13H16N4O2S. The first-order chi connectivity index (χ1) is 9.63. The highest BCUT2D eigenvalue weighted by Crippen LogP contribution is 2.40. The van der Waals surface area contributed by atoms with Gasteiger partial charge in [0.1, 0.15) is 4.88 Å². The van der Waals surface area contributed by atoms with E-state index >= 15 is 0 Å². The zero-order chi connectivity index (χ0) is 14.1. The van der Waals surface area contributed by atoms with Crippen LogP contribution in [0.25, 0.3) is 10.8 Å². The Labute approximate surface area is 120 Å². The van der Waals surface area contributed by atoms with Crippen LogP contribution in [0, 0.1) is 0 Å². The van der Waals surface area contributed by atoms with E-state index in [0.717, 1.165) is 23.5 Å². The van der Waals surface area contributed by atoms with Crippen molar-refractivity contribution in [3.63, 3.8) is 0 Å². The van der Waals surface area contributed by atoms with Gasteiger partial charge in [0.05, 0.1) is 5.69 Å². The first kappa shape index (κ1) is 13.1. The Hall–Kier alpha value is -1.89. The molecule has 2 heterocycles. The van der Waals surface area contributed by atoms with Crippen LogP contribution in [-0.4, -0.2) is 22.2 Å². The third kappa shape index (κ3) is 2.82. The molecule has 0 bridgehead atoms. The summed E-state index contributed by atoms with van der Waals surface area (Å²) in [5.74, 6) is 1.70. The minimum absolute atomic E-state index is 0.0851. The van der Waals surface area contributed by atoms with Crippen molar-refractivity contribution in [2.45, 2.75) is 38.6 Å². The zero-order valence-electron chi connectivity index (χ0n) is 11.3. The maximum Gasteiger partial charge on any atom is 0.319 e. The molecule has 0 aliphatic heterocycles. The molecule has 2 aromatic heterocycles. The molecule has 0 radical (unpaired) electrons. The molecule has 1 saturated carbocycles. The van der Waals surface area contributed by atoms with Crippen molar-refractivity contribution in [2.75, 3.05) is 5.32 Å². The Morgan fingerprint density at radius 1 is 1.50 bits per heavy atom. The third-order valence-corrected chi connectivity index (χ3v) is 3.81. The number of thiophene rings is 1. The summed E-state index contributed by atoms with van der Waals surface area (Å²) in [6.07, 6.45) is 2.26. The minimum Gasteiger partial charge on any atom is -0.336 e. The molecule has 2 aromatic rings. The van der Waals surface area contributed by atoms with Gasteiger partial charge in [0.25, 0.3) is 5.89 Å². The fraction of sp³-hybridized carbons (Fsp3) is 0.462. The number of aromatic nitrogens is 2. The second kappa shape index (κ2) is 5.24. The summed E-state index contributed by atoms with van der Waals surface area (Å²) < 4.78 is 5.29. The van der Waals surface area contributed by atoms with Crippen LogP contribution in [0.3, 0.4) is 0 Å². The van der Waals surface area contributed by atoms with Crippen LogP contribution in [-0.2, 0) is 0 Å². The van der Waals surface area contributed by atoms with Crippen molar-refractivity contribution in [3.05, 3.63) is 17.3 Å². The molecule has 1 aliphatic rings. The molecule has 6 nitrogen and oxygen atoms in total. The van der Waals surface area contributed by atoms with Crippen LogP contribution in [0.4, 0.5) is 10.5 Å². The lowest BCUT2D eigenvalue weighted by Crippen LogP contribution is -2.34. The van der Waals surface area contributed by atoms with E-state index in [1.165, 1.54) is 11.3 Å². The average Bonchev–Trinajstić information content (AvgIpc) is 2.94. The first-order valence-corrected chi connectivity index (χ1v) is 7.50. The molecule has 3 rings (SSSR count). The number of amides is 2. The van der Waals surface area contributed by atoms with Gasteiger partial charge in [0.15, 0.2) is 5.82 Å². The van der Waals surface area contributed by atoms with Gasteiger partial charge < -0.3 is 15.2 Å². The van der Waals surface area contributed by atoms with Crippen LogP contribution in [0.1, 0.15) is 38.4 Å². The fourth-order valence-electron chi connectivity index (χ4n) is 1.83. The van der Waals surface area contributed by atoms with Gasteiger partial charge in [-0.05, 0) is 38.1 Å². The summed E-state index contributed by atoms with van der Waals surface area (Å²) in [5, 5.41) is 11.5. The van der Waals surface area contributed by atoms with Crippen molar-refractivity contribution in [2.24, 2.45) is 0 Å². The van der Waals surface area contributed by atoms with Gasteiger partial charge in [-0.3, -0.25) is 0 Å². The van der Waals surface area contributed by atoms with Crippen LogP contribution >= 0.6 is 11.3 Å². The summed E-state index contributed by atoms with van der Waals surface area (Å²) in [4.78, 5) is 16.9. The van der Waals surface area contributed by atoms with Gasteiger partial charge >= 0.3 is 6.03 Å². The van der Waals surface area contributed by atoms with Crippen molar-refractivity contribution in [1.29, 1.82) is 0 Å².